The third-order valence-corrected chi connectivity index (χ3v) is 4.25. The fourth-order valence-corrected chi connectivity index (χ4v) is 3.12. The van der Waals surface area contributed by atoms with Crippen LogP contribution < -0.4 is 0 Å². The van der Waals surface area contributed by atoms with E-state index < -0.39 is 19.7 Å². The summed E-state index contributed by atoms with van der Waals surface area (Å²) in [6.07, 6.45) is 2.08. The van der Waals surface area contributed by atoms with Gasteiger partial charge in [0.1, 0.15) is 0 Å². The average molecular weight is 262 g/mol. The number of sulfone groups is 2. The molecule has 0 aliphatic carbocycles. The predicted octanol–water partition coefficient (Wildman–Crippen LogP) is 0.306. The lowest BCUT2D eigenvalue weighted by molar-refractivity contribution is 0.111. The van der Waals surface area contributed by atoms with Gasteiger partial charge in [-0.3, -0.25) is 4.79 Å². The minimum atomic E-state index is -3.62. The lowest BCUT2D eigenvalue weighted by atomic mass is 10.2. The maximum absolute atomic E-state index is 11.3. The normalized spacial score (nSPS) is 12.4. The summed E-state index contributed by atoms with van der Waals surface area (Å²) in [6.45, 7) is 0. The van der Waals surface area contributed by atoms with Crippen molar-refractivity contribution in [3.05, 3.63) is 23.8 Å². The summed E-state index contributed by atoms with van der Waals surface area (Å²) in [4.78, 5) is 10.3. The summed E-state index contributed by atoms with van der Waals surface area (Å²) in [5.74, 6) is 0. The molecule has 16 heavy (non-hydrogen) atoms. The summed E-state index contributed by atoms with van der Waals surface area (Å²) in [5, 5.41) is 0. The van der Waals surface area contributed by atoms with Crippen molar-refractivity contribution in [2.24, 2.45) is 0 Å². The quantitative estimate of drug-likeness (QED) is 0.732. The van der Waals surface area contributed by atoms with Crippen molar-refractivity contribution in [1.82, 2.24) is 0 Å². The first-order valence-corrected chi connectivity index (χ1v) is 7.94. The zero-order valence-electron chi connectivity index (χ0n) is 8.67. The van der Waals surface area contributed by atoms with Crippen molar-refractivity contribution < 1.29 is 21.6 Å². The molecule has 0 amide bonds. The lowest BCUT2D eigenvalue weighted by Crippen LogP contribution is -2.08. The Kier molecular flexibility index (Phi) is 3.20. The number of hydrogen-bond acceptors (Lipinski definition) is 5. The third kappa shape index (κ3) is 2.48. The molecule has 0 aromatic heterocycles. The molecule has 0 spiro atoms. The van der Waals surface area contributed by atoms with Crippen LogP contribution in [-0.2, 0) is 19.7 Å². The van der Waals surface area contributed by atoms with E-state index >= 15 is 0 Å². The molecular formula is C9H10O5S2. The molecule has 5 nitrogen and oxygen atoms in total. The van der Waals surface area contributed by atoms with Gasteiger partial charge >= 0.3 is 0 Å². The maximum atomic E-state index is 11.3. The van der Waals surface area contributed by atoms with E-state index in [1.165, 1.54) is 18.2 Å². The Balaban J connectivity index is 3.78. The second-order valence-corrected chi connectivity index (χ2v) is 7.30. The smallest absolute Gasteiger partial charge is 0.176 e. The van der Waals surface area contributed by atoms with Crippen molar-refractivity contribution in [2.45, 2.75) is 9.79 Å². The monoisotopic (exact) mass is 262 g/mol. The molecule has 7 heteroatoms. The van der Waals surface area contributed by atoms with E-state index in [0.29, 0.717) is 0 Å². The van der Waals surface area contributed by atoms with Gasteiger partial charge in [-0.25, -0.2) is 16.8 Å². The molecule has 0 radical (unpaired) electrons. The zero-order valence-corrected chi connectivity index (χ0v) is 10.3. The van der Waals surface area contributed by atoms with Gasteiger partial charge in [-0.15, -0.1) is 0 Å². The highest BCUT2D eigenvalue weighted by molar-refractivity contribution is 7.91. The Labute approximate surface area is 93.9 Å². The molecule has 0 aliphatic heterocycles. The second-order valence-electron chi connectivity index (χ2n) is 3.33. The van der Waals surface area contributed by atoms with E-state index in [0.717, 1.165) is 12.5 Å². The van der Waals surface area contributed by atoms with Crippen molar-refractivity contribution in [3.63, 3.8) is 0 Å². The van der Waals surface area contributed by atoms with Gasteiger partial charge < -0.3 is 0 Å². The Bertz CT molecular complexity index is 576. The van der Waals surface area contributed by atoms with Crippen LogP contribution >= 0.6 is 0 Å². The first-order valence-electron chi connectivity index (χ1n) is 4.16. The summed E-state index contributed by atoms with van der Waals surface area (Å²) in [6, 6.07) is 3.70. The fourth-order valence-electron chi connectivity index (χ4n) is 1.29. The molecule has 0 saturated heterocycles. The van der Waals surface area contributed by atoms with Gasteiger partial charge in [0.05, 0.1) is 15.4 Å². The van der Waals surface area contributed by atoms with Crippen LogP contribution in [0, 0.1) is 0 Å². The third-order valence-electron chi connectivity index (χ3n) is 1.94. The van der Waals surface area contributed by atoms with Gasteiger partial charge in [0.2, 0.25) is 0 Å². The number of benzene rings is 1. The van der Waals surface area contributed by atoms with Crippen LogP contribution in [0.4, 0.5) is 0 Å². The van der Waals surface area contributed by atoms with Crippen LogP contribution in [0.1, 0.15) is 10.4 Å². The van der Waals surface area contributed by atoms with Crippen LogP contribution in [0.3, 0.4) is 0 Å². The average Bonchev–Trinajstić information content (AvgIpc) is 2.13. The van der Waals surface area contributed by atoms with Gasteiger partial charge in [0.15, 0.2) is 26.0 Å². The molecule has 0 fully saturated rings. The van der Waals surface area contributed by atoms with Crippen molar-refractivity contribution in [3.8, 4) is 0 Å². The number of hydrogen-bond donors (Lipinski definition) is 0. The van der Waals surface area contributed by atoms with Gasteiger partial charge in [-0.2, -0.15) is 0 Å². The molecule has 0 bridgehead atoms. The van der Waals surface area contributed by atoms with Gasteiger partial charge in [-0.1, -0.05) is 6.07 Å². The summed E-state index contributed by atoms with van der Waals surface area (Å²) < 4.78 is 45.4. The van der Waals surface area contributed by atoms with Crippen LogP contribution in [0.5, 0.6) is 0 Å². The molecule has 1 rings (SSSR count). The largest absolute Gasteiger partial charge is 0.298 e. The molecule has 0 saturated carbocycles. The minimum Gasteiger partial charge on any atom is -0.298 e. The van der Waals surface area contributed by atoms with Crippen molar-refractivity contribution >= 4 is 26.0 Å². The molecule has 0 atom stereocenters. The molecule has 88 valence electrons. The number of rotatable bonds is 3. The van der Waals surface area contributed by atoms with Crippen molar-refractivity contribution in [2.75, 3.05) is 12.5 Å². The van der Waals surface area contributed by atoms with Crippen LogP contribution in [0.15, 0.2) is 28.0 Å². The van der Waals surface area contributed by atoms with E-state index in [2.05, 4.69) is 0 Å². The molecule has 0 unspecified atom stereocenters. The van der Waals surface area contributed by atoms with Gasteiger partial charge in [-0.05, 0) is 12.1 Å². The maximum Gasteiger partial charge on any atom is 0.176 e. The van der Waals surface area contributed by atoms with E-state index in [9.17, 15) is 21.6 Å². The number of carbonyl (C=O) groups is 1. The molecule has 1 aromatic rings. The SMILES string of the molecule is CS(=O)(=O)c1cccc(S(C)(=O)=O)c1C=O. The summed E-state index contributed by atoms with van der Waals surface area (Å²) in [5.41, 5.74) is -0.312. The van der Waals surface area contributed by atoms with Crippen LogP contribution in [0.25, 0.3) is 0 Å². The Morgan fingerprint density at radius 3 is 1.56 bits per heavy atom. The Morgan fingerprint density at radius 2 is 1.31 bits per heavy atom. The lowest BCUT2D eigenvalue weighted by Gasteiger charge is -2.06. The zero-order chi connectivity index (χ0) is 12.6. The highest BCUT2D eigenvalue weighted by Crippen LogP contribution is 2.21. The van der Waals surface area contributed by atoms with E-state index in [1.807, 2.05) is 0 Å². The summed E-state index contributed by atoms with van der Waals surface area (Å²) in [7, 11) is -7.25. The van der Waals surface area contributed by atoms with Gasteiger partial charge in [0.25, 0.3) is 0 Å². The van der Waals surface area contributed by atoms with Gasteiger partial charge in [0, 0.05) is 12.5 Å². The first-order chi connectivity index (χ1) is 7.18. The predicted molar refractivity (Wildman–Crippen MR) is 58.0 cm³/mol. The Morgan fingerprint density at radius 1 is 0.938 bits per heavy atom. The number of aldehydes is 1. The number of carbonyl (C=O) groups excluding carboxylic acids is 1. The standard InChI is InChI=1S/C9H10O5S2/c1-15(11,12)8-4-3-5-9(7(8)6-10)16(2,13)14/h3-6H,1-2H3. The molecule has 0 heterocycles. The van der Waals surface area contributed by atoms with E-state index in [-0.39, 0.29) is 21.6 Å². The Hall–Kier alpha value is -1.21. The second kappa shape index (κ2) is 3.99. The topological polar surface area (TPSA) is 85.3 Å². The molecule has 1 aromatic carbocycles. The molecular weight excluding hydrogens is 252 g/mol. The highest BCUT2D eigenvalue weighted by atomic mass is 32.2. The molecule has 0 N–H and O–H groups in total. The molecule has 0 aliphatic rings. The van der Waals surface area contributed by atoms with E-state index in [1.54, 1.807) is 0 Å². The van der Waals surface area contributed by atoms with Crippen LogP contribution in [-0.4, -0.2) is 35.6 Å². The minimum absolute atomic E-state index is 0.243. The van der Waals surface area contributed by atoms with Crippen LogP contribution in [0.2, 0.25) is 0 Å². The summed E-state index contributed by atoms with van der Waals surface area (Å²) >= 11 is 0. The van der Waals surface area contributed by atoms with E-state index in [4.69, 9.17) is 0 Å². The fraction of sp³-hybridized carbons (Fsp3) is 0.222. The van der Waals surface area contributed by atoms with Crippen molar-refractivity contribution in [1.29, 1.82) is 0 Å². The first kappa shape index (κ1) is 12.9. The highest BCUT2D eigenvalue weighted by Gasteiger charge is 2.20.